The number of imide groups is 3. The second-order valence-electron chi connectivity index (χ2n) is 3.28. The number of carbonyl (C=O) groups is 3. The number of fused-ring (bicyclic) bond motifs is 1. The van der Waals surface area contributed by atoms with E-state index in [2.05, 4.69) is 15.9 Å². The summed E-state index contributed by atoms with van der Waals surface area (Å²) in [5.74, 6) is -1.79. The Morgan fingerprint density at radius 1 is 1.25 bits per heavy atom. The van der Waals surface area contributed by atoms with Crippen molar-refractivity contribution in [2.24, 2.45) is 0 Å². The molecule has 1 aliphatic heterocycles. The first-order valence-electron chi connectivity index (χ1n) is 4.43. The number of amides is 3. The summed E-state index contributed by atoms with van der Waals surface area (Å²) in [5.41, 5.74) is 6.29. The van der Waals surface area contributed by atoms with E-state index in [0.29, 0.717) is 10.6 Å². The predicted octanol–water partition coefficient (Wildman–Crippen LogP) is 0.786. The van der Waals surface area contributed by atoms with Crippen molar-refractivity contribution in [1.29, 1.82) is 0 Å². The van der Waals surface area contributed by atoms with Crippen LogP contribution in [0.3, 0.4) is 0 Å². The van der Waals surface area contributed by atoms with Crippen molar-refractivity contribution in [3.8, 4) is 0 Å². The molecule has 0 bridgehead atoms. The third-order valence-corrected chi connectivity index (χ3v) is 2.75. The molecule has 5 nitrogen and oxygen atoms in total. The summed E-state index contributed by atoms with van der Waals surface area (Å²) in [7, 11) is 0. The number of rotatable bonds is 1. The molecule has 2 N–H and O–H groups in total. The number of halogens is 1. The van der Waals surface area contributed by atoms with E-state index in [9.17, 15) is 14.4 Å². The monoisotopic (exact) mass is 282 g/mol. The van der Waals surface area contributed by atoms with E-state index in [4.69, 9.17) is 5.73 Å². The standard InChI is InChI=1S/C10H7BrN2O3/c11-4-8(14)13-9(15)6-2-1-5(12)3-7(6)10(13)16/h1-3H,4,12H2. The van der Waals surface area contributed by atoms with E-state index in [1.807, 2.05) is 0 Å². The second kappa shape index (κ2) is 3.71. The van der Waals surface area contributed by atoms with Crippen molar-refractivity contribution >= 4 is 39.3 Å². The minimum Gasteiger partial charge on any atom is -0.399 e. The van der Waals surface area contributed by atoms with Crippen LogP contribution >= 0.6 is 15.9 Å². The summed E-state index contributed by atoms with van der Waals surface area (Å²) >= 11 is 2.92. The third-order valence-electron chi connectivity index (χ3n) is 2.27. The van der Waals surface area contributed by atoms with Crippen molar-refractivity contribution < 1.29 is 14.4 Å². The molecule has 0 saturated heterocycles. The molecule has 0 fully saturated rings. The van der Waals surface area contributed by atoms with Gasteiger partial charge in [0.2, 0.25) is 5.91 Å². The lowest BCUT2D eigenvalue weighted by Crippen LogP contribution is -2.36. The normalized spacial score (nSPS) is 14.2. The zero-order valence-corrected chi connectivity index (χ0v) is 9.65. The van der Waals surface area contributed by atoms with Crippen molar-refractivity contribution in [2.45, 2.75) is 0 Å². The molecular formula is C10H7BrN2O3. The first kappa shape index (κ1) is 10.8. The average molecular weight is 283 g/mol. The minimum absolute atomic E-state index is 0.0754. The molecule has 0 aliphatic carbocycles. The Hall–Kier alpha value is -1.69. The molecule has 0 spiro atoms. The fourth-order valence-corrected chi connectivity index (χ4v) is 1.80. The molecule has 1 aliphatic rings. The zero-order chi connectivity index (χ0) is 11.9. The topological polar surface area (TPSA) is 80.5 Å². The van der Waals surface area contributed by atoms with Gasteiger partial charge < -0.3 is 5.73 Å². The lowest BCUT2D eigenvalue weighted by Gasteiger charge is -2.08. The van der Waals surface area contributed by atoms with Gasteiger partial charge in [0.15, 0.2) is 0 Å². The number of nitrogens with two attached hydrogens (primary N) is 1. The van der Waals surface area contributed by atoms with Crippen LogP contribution in [0.15, 0.2) is 18.2 Å². The second-order valence-corrected chi connectivity index (χ2v) is 3.84. The first-order chi connectivity index (χ1) is 7.56. The van der Waals surface area contributed by atoms with Gasteiger partial charge in [0.1, 0.15) is 0 Å². The molecule has 82 valence electrons. The lowest BCUT2D eigenvalue weighted by molar-refractivity contribution is -0.123. The van der Waals surface area contributed by atoms with Crippen LogP contribution in [-0.4, -0.2) is 28.0 Å². The highest BCUT2D eigenvalue weighted by Gasteiger charge is 2.39. The Morgan fingerprint density at radius 2 is 1.88 bits per heavy atom. The number of alkyl halides is 1. The average Bonchev–Trinajstić information content (AvgIpc) is 2.51. The Bertz CT molecular complexity index is 513. The summed E-state index contributed by atoms with van der Waals surface area (Å²) < 4.78 is 0. The van der Waals surface area contributed by atoms with Crippen LogP contribution in [0.2, 0.25) is 0 Å². The van der Waals surface area contributed by atoms with Gasteiger partial charge in [0.25, 0.3) is 11.8 Å². The van der Waals surface area contributed by atoms with Gasteiger partial charge in [0.05, 0.1) is 16.5 Å². The maximum absolute atomic E-state index is 11.8. The van der Waals surface area contributed by atoms with Crippen LogP contribution in [0.1, 0.15) is 20.7 Å². The van der Waals surface area contributed by atoms with Gasteiger partial charge in [0, 0.05) is 5.69 Å². The maximum Gasteiger partial charge on any atom is 0.268 e. The highest BCUT2D eigenvalue weighted by atomic mass is 79.9. The van der Waals surface area contributed by atoms with Gasteiger partial charge in [-0.3, -0.25) is 14.4 Å². The van der Waals surface area contributed by atoms with E-state index in [1.54, 1.807) is 0 Å². The fourth-order valence-electron chi connectivity index (χ4n) is 1.54. The Labute approximate surface area is 99.3 Å². The van der Waals surface area contributed by atoms with Gasteiger partial charge in [-0.05, 0) is 18.2 Å². The quantitative estimate of drug-likeness (QED) is 0.469. The number of nitrogens with zero attached hydrogens (tertiary/aromatic N) is 1. The van der Waals surface area contributed by atoms with Crippen LogP contribution in [-0.2, 0) is 4.79 Å². The molecule has 2 rings (SSSR count). The molecule has 1 aromatic rings. The van der Waals surface area contributed by atoms with Crippen LogP contribution < -0.4 is 5.73 Å². The van der Waals surface area contributed by atoms with Crippen molar-refractivity contribution in [3.63, 3.8) is 0 Å². The molecule has 0 saturated carbocycles. The number of anilines is 1. The van der Waals surface area contributed by atoms with Gasteiger partial charge in [-0.15, -0.1) is 0 Å². The molecule has 0 atom stereocenters. The lowest BCUT2D eigenvalue weighted by atomic mass is 10.1. The zero-order valence-electron chi connectivity index (χ0n) is 8.07. The molecule has 3 amide bonds. The van der Waals surface area contributed by atoms with Crippen LogP contribution in [0.25, 0.3) is 0 Å². The van der Waals surface area contributed by atoms with Gasteiger partial charge in [-0.25, -0.2) is 4.90 Å². The van der Waals surface area contributed by atoms with E-state index >= 15 is 0 Å². The van der Waals surface area contributed by atoms with Gasteiger partial charge in [-0.2, -0.15) is 0 Å². The largest absolute Gasteiger partial charge is 0.399 e. The minimum atomic E-state index is -0.614. The SMILES string of the molecule is Nc1ccc2c(c1)C(=O)N(C(=O)CBr)C2=O. The molecular weight excluding hydrogens is 276 g/mol. The molecule has 0 aromatic heterocycles. The number of benzene rings is 1. The molecule has 6 heteroatoms. The number of carbonyl (C=O) groups excluding carboxylic acids is 3. The van der Waals surface area contributed by atoms with Gasteiger partial charge >= 0.3 is 0 Å². The number of nitrogen functional groups attached to an aromatic ring is 1. The molecule has 1 aromatic carbocycles. The molecule has 0 radical (unpaired) electrons. The predicted molar refractivity (Wildman–Crippen MR) is 60.2 cm³/mol. The Balaban J connectivity index is 2.52. The fraction of sp³-hybridized carbons (Fsp3) is 0.100. The Morgan fingerprint density at radius 3 is 2.50 bits per heavy atom. The van der Waals surface area contributed by atoms with Gasteiger partial charge in [-0.1, -0.05) is 15.9 Å². The van der Waals surface area contributed by atoms with E-state index in [0.717, 1.165) is 0 Å². The van der Waals surface area contributed by atoms with E-state index in [-0.39, 0.29) is 16.5 Å². The molecule has 0 unspecified atom stereocenters. The summed E-state index contributed by atoms with van der Waals surface area (Å²) in [6.07, 6.45) is 0. The van der Waals surface area contributed by atoms with Crippen LogP contribution in [0.4, 0.5) is 5.69 Å². The summed E-state index contributed by atoms with van der Waals surface area (Å²) in [6.45, 7) is 0. The first-order valence-corrected chi connectivity index (χ1v) is 5.55. The maximum atomic E-state index is 11.8. The molecule has 16 heavy (non-hydrogen) atoms. The van der Waals surface area contributed by atoms with Crippen LogP contribution in [0, 0.1) is 0 Å². The summed E-state index contributed by atoms with van der Waals surface area (Å²) in [6, 6.07) is 4.37. The number of hydrogen-bond acceptors (Lipinski definition) is 4. The van der Waals surface area contributed by atoms with Crippen molar-refractivity contribution in [2.75, 3.05) is 11.1 Å². The Kier molecular flexibility index (Phi) is 2.51. The smallest absolute Gasteiger partial charge is 0.268 e. The van der Waals surface area contributed by atoms with Crippen molar-refractivity contribution in [1.82, 2.24) is 4.90 Å². The van der Waals surface area contributed by atoms with Crippen LogP contribution in [0.5, 0.6) is 0 Å². The molecule has 1 heterocycles. The van der Waals surface area contributed by atoms with E-state index in [1.165, 1.54) is 18.2 Å². The number of hydrogen-bond donors (Lipinski definition) is 1. The van der Waals surface area contributed by atoms with E-state index < -0.39 is 17.7 Å². The third kappa shape index (κ3) is 1.42. The summed E-state index contributed by atoms with van der Waals surface area (Å²) in [4.78, 5) is 35.5. The highest BCUT2D eigenvalue weighted by molar-refractivity contribution is 9.09. The summed E-state index contributed by atoms with van der Waals surface area (Å²) in [5, 5.41) is -0.0754. The van der Waals surface area contributed by atoms with Crippen molar-refractivity contribution in [3.05, 3.63) is 29.3 Å². The highest BCUT2D eigenvalue weighted by Crippen LogP contribution is 2.25.